The number of nitrogens with one attached hydrogen (secondary N) is 1. The summed E-state index contributed by atoms with van der Waals surface area (Å²) >= 11 is 1.93. The van der Waals surface area contributed by atoms with Crippen LogP contribution in [0.3, 0.4) is 0 Å². The Balaban J connectivity index is 1.95. The molecule has 0 bridgehead atoms. The SMILES string of the molecule is O=C(O)C(CNC1CCSC1)c1ccccc1. The monoisotopic (exact) mass is 251 g/mol. The lowest BCUT2D eigenvalue weighted by atomic mass is 9.99. The number of hydrogen-bond donors (Lipinski definition) is 2. The minimum absolute atomic E-state index is 0.443. The first-order chi connectivity index (χ1) is 8.27. The van der Waals surface area contributed by atoms with Crippen LogP contribution in [0.5, 0.6) is 0 Å². The van der Waals surface area contributed by atoms with Crippen molar-refractivity contribution in [3.8, 4) is 0 Å². The van der Waals surface area contributed by atoms with Gasteiger partial charge >= 0.3 is 5.97 Å². The lowest BCUT2D eigenvalue weighted by Crippen LogP contribution is -2.34. The minimum atomic E-state index is -0.755. The Kier molecular flexibility index (Phi) is 4.45. The van der Waals surface area contributed by atoms with Gasteiger partial charge in [0.25, 0.3) is 0 Å². The molecule has 2 atom stereocenters. The molecule has 92 valence electrons. The summed E-state index contributed by atoms with van der Waals surface area (Å²) in [5.41, 5.74) is 0.873. The third kappa shape index (κ3) is 3.48. The van der Waals surface area contributed by atoms with Crippen molar-refractivity contribution in [2.24, 2.45) is 0 Å². The Morgan fingerprint density at radius 2 is 2.24 bits per heavy atom. The maximum absolute atomic E-state index is 11.3. The van der Waals surface area contributed by atoms with Crippen molar-refractivity contribution in [3.05, 3.63) is 35.9 Å². The van der Waals surface area contributed by atoms with Gasteiger partial charge in [0.2, 0.25) is 0 Å². The van der Waals surface area contributed by atoms with Crippen LogP contribution in [0.15, 0.2) is 30.3 Å². The van der Waals surface area contributed by atoms with Crippen LogP contribution in [0, 0.1) is 0 Å². The van der Waals surface area contributed by atoms with Crippen LogP contribution in [-0.2, 0) is 4.79 Å². The van der Waals surface area contributed by atoms with Gasteiger partial charge in [0.05, 0.1) is 5.92 Å². The van der Waals surface area contributed by atoms with Crippen LogP contribution in [0.2, 0.25) is 0 Å². The molecule has 1 aliphatic heterocycles. The normalized spacial score (nSPS) is 21.3. The number of hydrogen-bond acceptors (Lipinski definition) is 3. The van der Waals surface area contributed by atoms with Gasteiger partial charge in [-0.1, -0.05) is 30.3 Å². The van der Waals surface area contributed by atoms with E-state index in [9.17, 15) is 9.90 Å². The average Bonchev–Trinajstić information content (AvgIpc) is 2.83. The van der Waals surface area contributed by atoms with E-state index < -0.39 is 11.9 Å². The van der Waals surface area contributed by atoms with E-state index >= 15 is 0 Å². The topological polar surface area (TPSA) is 49.3 Å². The molecule has 0 saturated carbocycles. The fourth-order valence-corrected chi connectivity index (χ4v) is 3.20. The van der Waals surface area contributed by atoms with Crippen molar-refractivity contribution in [1.29, 1.82) is 0 Å². The maximum atomic E-state index is 11.3. The zero-order chi connectivity index (χ0) is 12.1. The number of benzene rings is 1. The molecule has 17 heavy (non-hydrogen) atoms. The van der Waals surface area contributed by atoms with Gasteiger partial charge in [-0.15, -0.1) is 0 Å². The molecule has 1 saturated heterocycles. The van der Waals surface area contributed by atoms with Crippen molar-refractivity contribution in [2.45, 2.75) is 18.4 Å². The third-order valence-electron chi connectivity index (χ3n) is 3.04. The molecule has 3 nitrogen and oxygen atoms in total. The largest absolute Gasteiger partial charge is 0.481 e. The quantitative estimate of drug-likeness (QED) is 0.840. The third-order valence-corrected chi connectivity index (χ3v) is 4.20. The van der Waals surface area contributed by atoms with Crippen LogP contribution in [-0.4, -0.2) is 35.2 Å². The summed E-state index contributed by atoms with van der Waals surface area (Å²) in [5, 5.41) is 12.6. The van der Waals surface area contributed by atoms with E-state index in [1.54, 1.807) is 0 Å². The first kappa shape index (κ1) is 12.5. The number of carbonyl (C=O) groups is 1. The van der Waals surface area contributed by atoms with Gasteiger partial charge in [-0.25, -0.2) is 0 Å². The molecule has 0 radical (unpaired) electrons. The molecular weight excluding hydrogens is 234 g/mol. The molecule has 1 aromatic carbocycles. The Bertz CT molecular complexity index is 363. The van der Waals surface area contributed by atoms with E-state index in [1.807, 2.05) is 42.1 Å². The van der Waals surface area contributed by atoms with E-state index in [-0.39, 0.29) is 0 Å². The molecule has 1 fully saturated rings. The van der Waals surface area contributed by atoms with Crippen molar-refractivity contribution >= 4 is 17.7 Å². The highest BCUT2D eigenvalue weighted by Crippen LogP contribution is 2.19. The summed E-state index contributed by atoms with van der Waals surface area (Å²) in [4.78, 5) is 11.3. The van der Waals surface area contributed by atoms with Gasteiger partial charge in [-0.2, -0.15) is 11.8 Å². The molecule has 2 unspecified atom stereocenters. The molecule has 0 spiro atoms. The first-order valence-electron chi connectivity index (χ1n) is 5.86. The predicted octanol–water partition coefficient (Wildman–Crippen LogP) is 1.95. The second-order valence-corrected chi connectivity index (χ2v) is 5.42. The van der Waals surface area contributed by atoms with E-state index in [4.69, 9.17) is 0 Å². The summed E-state index contributed by atoms with van der Waals surface area (Å²) in [7, 11) is 0. The van der Waals surface area contributed by atoms with Crippen LogP contribution < -0.4 is 5.32 Å². The number of thioether (sulfide) groups is 1. The standard InChI is InChI=1S/C13H17NO2S/c15-13(16)12(10-4-2-1-3-5-10)8-14-11-6-7-17-9-11/h1-5,11-12,14H,6-9H2,(H,15,16). The Morgan fingerprint density at radius 1 is 1.47 bits per heavy atom. The number of aliphatic carboxylic acids is 1. The number of rotatable bonds is 5. The van der Waals surface area contributed by atoms with Gasteiger partial charge < -0.3 is 10.4 Å². The number of carboxylic acids is 1. The molecular formula is C13H17NO2S. The van der Waals surface area contributed by atoms with Crippen LogP contribution in [0.1, 0.15) is 17.9 Å². The second-order valence-electron chi connectivity index (χ2n) is 4.27. The Labute approximate surface area is 106 Å². The van der Waals surface area contributed by atoms with Gasteiger partial charge in [0, 0.05) is 18.3 Å². The second kappa shape index (κ2) is 6.07. The lowest BCUT2D eigenvalue weighted by molar-refractivity contribution is -0.138. The Hall–Kier alpha value is -1.00. The highest BCUT2D eigenvalue weighted by Gasteiger charge is 2.22. The van der Waals surface area contributed by atoms with Crippen LogP contribution in [0.4, 0.5) is 0 Å². The molecule has 0 amide bonds. The number of carboxylic acid groups (broad SMARTS) is 1. The van der Waals surface area contributed by atoms with Crippen LogP contribution >= 0.6 is 11.8 Å². The lowest BCUT2D eigenvalue weighted by Gasteiger charge is -2.17. The van der Waals surface area contributed by atoms with E-state index in [1.165, 1.54) is 5.75 Å². The van der Waals surface area contributed by atoms with Gasteiger partial charge in [-0.05, 0) is 17.7 Å². The maximum Gasteiger partial charge on any atom is 0.312 e. The van der Waals surface area contributed by atoms with Crippen molar-refractivity contribution < 1.29 is 9.90 Å². The molecule has 1 aliphatic rings. The summed E-state index contributed by atoms with van der Waals surface area (Å²) in [6.45, 7) is 0.518. The zero-order valence-corrected chi connectivity index (χ0v) is 10.5. The van der Waals surface area contributed by atoms with E-state index in [0.29, 0.717) is 12.6 Å². The molecule has 0 aliphatic carbocycles. The Morgan fingerprint density at radius 3 is 2.82 bits per heavy atom. The molecule has 1 aromatic rings. The summed E-state index contributed by atoms with van der Waals surface area (Å²) < 4.78 is 0. The average molecular weight is 251 g/mol. The van der Waals surface area contributed by atoms with E-state index in [0.717, 1.165) is 17.7 Å². The molecule has 1 heterocycles. The molecule has 2 rings (SSSR count). The smallest absolute Gasteiger partial charge is 0.312 e. The van der Waals surface area contributed by atoms with Gasteiger partial charge in [-0.3, -0.25) is 4.79 Å². The van der Waals surface area contributed by atoms with E-state index in [2.05, 4.69) is 5.32 Å². The summed E-state index contributed by atoms with van der Waals surface area (Å²) in [5.74, 6) is 1.08. The van der Waals surface area contributed by atoms with Crippen molar-refractivity contribution in [1.82, 2.24) is 5.32 Å². The molecule has 4 heteroatoms. The summed E-state index contributed by atoms with van der Waals surface area (Å²) in [6, 6.07) is 9.91. The predicted molar refractivity (Wildman–Crippen MR) is 70.6 cm³/mol. The van der Waals surface area contributed by atoms with Crippen LogP contribution in [0.25, 0.3) is 0 Å². The van der Waals surface area contributed by atoms with Gasteiger partial charge in [0.1, 0.15) is 0 Å². The van der Waals surface area contributed by atoms with Gasteiger partial charge in [0.15, 0.2) is 0 Å². The molecule has 0 aromatic heterocycles. The molecule has 2 N–H and O–H groups in total. The highest BCUT2D eigenvalue weighted by atomic mass is 32.2. The fraction of sp³-hybridized carbons (Fsp3) is 0.462. The highest BCUT2D eigenvalue weighted by molar-refractivity contribution is 7.99. The fourth-order valence-electron chi connectivity index (χ4n) is 2.01. The van der Waals surface area contributed by atoms with Crippen molar-refractivity contribution in [3.63, 3.8) is 0 Å². The zero-order valence-electron chi connectivity index (χ0n) is 9.63. The minimum Gasteiger partial charge on any atom is -0.481 e. The first-order valence-corrected chi connectivity index (χ1v) is 7.01. The summed E-state index contributed by atoms with van der Waals surface area (Å²) in [6.07, 6.45) is 1.14. The van der Waals surface area contributed by atoms with Crippen molar-refractivity contribution in [2.75, 3.05) is 18.1 Å².